The standard InChI is InChI=1S/C26H30Cl3NO2/c1-2-31-24-11-20(13-30-26-18-6-16-5-17(8-18)9-19(26)7-16)22(28)12-25(24)32-14-15-3-4-21(27)23(29)10-15/h3-4,10-12,16-19,26,30H,2,5-9,13-14H2,1H3. The highest BCUT2D eigenvalue weighted by Gasteiger charge is 2.47. The summed E-state index contributed by atoms with van der Waals surface area (Å²) in [6.07, 6.45) is 7.11. The molecule has 6 heteroatoms. The molecule has 0 unspecified atom stereocenters. The Hall–Kier alpha value is -1.13. The Morgan fingerprint density at radius 1 is 0.812 bits per heavy atom. The Balaban J connectivity index is 1.27. The predicted octanol–water partition coefficient (Wildman–Crippen LogP) is 7.54. The van der Waals surface area contributed by atoms with Gasteiger partial charge < -0.3 is 14.8 Å². The van der Waals surface area contributed by atoms with Gasteiger partial charge in [-0.1, -0.05) is 40.9 Å². The Labute approximate surface area is 205 Å². The first-order chi connectivity index (χ1) is 15.5. The highest BCUT2D eigenvalue weighted by Crippen LogP contribution is 2.53. The number of benzene rings is 2. The average molecular weight is 495 g/mol. The van der Waals surface area contributed by atoms with E-state index in [1.54, 1.807) is 6.07 Å². The summed E-state index contributed by atoms with van der Waals surface area (Å²) in [5.74, 6) is 5.00. The third-order valence-electron chi connectivity index (χ3n) is 7.55. The normalized spacial score (nSPS) is 28.2. The average Bonchev–Trinajstić information content (AvgIpc) is 2.76. The van der Waals surface area contributed by atoms with Crippen LogP contribution in [0.1, 0.15) is 50.2 Å². The molecular weight excluding hydrogens is 465 g/mol. The minimum absolute atomic E-state index is 0.360. The smallest absolute Gasteiger partial charge is 0.163 e. The Morgan fingerprint density at radius 3 is 2.16 bits per heavy atom. The van der Waals surface area contributed by atoms with Crippen LogP contribution in [0.25, 0.3) is 0 Å². The molecule has 0 heterocycles. The second-order valence-electron chi connectivity index (χ2n) is 9.70. The topological polar surface area (TPSA) is 30.5 Å². The second-order valence-corrected chi connectivity index (χ2v) is 10.9. The van der Waals surface area contributed by atoms with Gasteiger partial charge in [0, 0.05) is 23.7 Å². The number of rotatable bonds is 8. The van der Waals surface area contributed by atoms with E-state index >= 15 is 0 Å². The van der Waals surface area contributed by atoms with Crippen LogP contribution in [-0.2, 0) is 13.2 Å². The molecule has 4 bridgehead atoms. The lowest BCUT2D eigenvalue weighted by molar-refractivity contribution is -0.0142. The van der Waals surface area contributed by atoms with Gasteiger partial charge in [0.1, 0.15) is 6.61 Å². The lowest BCUT2D eigenvalue weighted by Gasteiger charge is -2.54. The minimum Gasteiger partial charge on any atom is -0.490 e. The zero-order valence-corrected chi connectivity index (χ0v) is 20.6. The molecule has 0 saturated heterocycles. The maximum Gasteiger partial charge on any atom is 0.163 e. The highest BCUT2D eigenvalue weighted by molar-refractivity contribution is 6.42. The summed E-state index contributed by atoms with van der Waals surface area (Å²) in [5, 5.41) is 5.62. The van der Waals surface area contributed by atoms with Gasteiger partial charge in [-0.15, -0.1) is 0 Å². The summed E-state index contributed by atoms with van der Waals surface area (Å²) in [7, 11) is 0. The van der Waals surface area contributed by atoms with E-state index in [0.29, 0.717) is 40.1 Å². The first kappa shape index (κ1) is 22.7. The number of nitrogens with one attached hydrogen (secondary N) is 1. The summed E-state index contributed by atoms with van der Waals surface area (Å²) in [5.41, 5.74) is 2.00. The molecular formula is C26H30Cl3NO2. The molecule has 0 spiro atoms. The lowest BCUT2D eigenvalue weighted by Crippen LogP contribution is -2.54. The molecule has 0 amide bonds. The van der Waals surface area contributed by atoms with Crippen molar-refractivity contribution in [1.29, 1.82) is 0 Å². The van der Waals surface area contributed by atoms with Gasteiger partial charge in [0.2, 0.25) is 0 Å². The van der Waals surface area contributed by atoms with E-state index in [2.05, 4.69) is 5.32 Å². The monoisotopic (exact) mass is 493 g/mol. The fourth-order valence-corrected chi connectivity index (χ4v) is 6.91. The fourth-order valence-electron chi connectivity index (χ4n) is 6.37. The third kappa shape index (κ3) is 4.73. The summed E-state index contributed by atoms with van der Waals surface area (Å²) in [6.45, 7) is 3.66. The predicted molar refractivity (Wildman–Crippen MR) is 131 cm³/mol. The van der Waals surface area contributed by atoms with Gasteiger partial charge in [-0.05, 0) is 92.0 Å². The Kier molecular flexibility index (Phi) is 6.81. The van der Waals surface area contributed by atoms with Gasteiger partial charge in [0.05, 0.1) is 16.7 Å². The van der Waals surface area contributed by atoms with Crippen molar-refractivity contribution < 1.29 is 9.47 Å². The van der Waals surface area contributed by atoms with Gasteiger partial charge in [0.15, 0.2) is 11.5 Å². The fraction of sp³-hybridized carbons (Fsp3) is 0.538. The van der Waals surface area contributed by atoms with E-state index < -0.39 is 0 Å². The second kappa shape index (κ2) is 9.62. The number of ether oxygens (including phenoxy) is 2. The van der Waals surface area contributed by atoms with Crippen LogP contribution in [0.4, 0.5) is 0 Å². The number of halogens is 3. The Bertz CT molecular complexity index is 952. The molecule has 0 aromatic heterocycles. The molecule has 2 aromatic carbocycles. The van der Waals surface area contributed by atoms with Crippen molar-refractivity contribution in [2.75, 3.05) is 6.61 Å². The lowest BCUT2D eigenvalue weighted by atomic mass is 9.54. The molecule has 172 valence electrons. The molecule has 4 saturated carbocycles. The van der Waals surface area contributed by atoms with E-state index in [0.717, 1.165) is 47.1 Å². The maximum atomic E-state index is 6.68. The summed E-state index contributed by atoms with van der Waals surface area (Å²) in [6, 6.07) is 10.0. The largest absolute Gasteiger partial charge is 0.490 e. The molecule has 1 N–H and O–H groups in total. The van der Waals surface area contributed by atoms with E-state index in [9.17, 15) is 0 Å². The minimum atomic E-state index is 0.360. The first-order valence-electron chi connectivity index (χ1n) is 11.8. The van der Waals surface area contributed by atoms with Crippen molar-refractivity contribution in [3.05, 3.63) is 56.5 Å². The highest BCUT2D eigenvalue weighted by atomic mass is 35.5. The summed E-state index contributed by atoms with van der Waals surface area (Å²) in [4.78, 5) is 0. The molecule has 4 fully saturated rings. The molecule has 3 nitrogen and oxygen atoms in total. The van der Waals surface area contributed by atoms with Crippen molar-refractivity contribution in [3.8, 4) is 11.5 Å². The molecule has 0 atom stereocenters. The third-order valence-corrected chi connectivity index (χ3v) is 8.64. The van der Waals surface area contributed by atoms with Gasteiger partial charge in [0.25, 0.3) is 0 Å². The van der Waals surface area contributed by atoms with Crippen LogP contribution < -0.4 is 14.8 Å². The van der Waals surface area contributed by atoms with Gasteiger partial charge in [-0.3, -0.25) is 0 Å². The van der Waals surface area contributed by atoms with E-state index in [-0.39, 0.29) is 0 Å². The Morgan fingerprint density at radius 2 is 1.50 bits per heavy atom. The van der Waals surface area contributed by atoms with Crippen molar-refractivity contribution in [1.82, 2.24) is 5.32 Å². The zero-order valence-electron chi connectivity index (χ0n) is 18.4. The van der Waals surface area contributed by atoms with Crippen LogP contribution in [-0.4, -0.2) is 12.6 Å². The molecule has 2 aromatic rings. The van der Waals surface area contributed by atoms with Crippen LogP contribution in [0.2, 0.25) is 15.1 Å². The van der Waals surface area contributed by atoms with E-state index in [1.807, 2.05) is 31.2 Å². The van der Waals surface area contributed by atoms with Crippen LogP contribution in [0.3, 0.4) is 0 Å². The quantitative estimate of drug-likeness (QED) is 0.411. The van der Waals surface area contributed by atoms with Gasteiger partial charge >= 0.3 is 0 Å². The first-order valence-corrected chi connectivity index (χ1v) is 12.9. The molecule has 0 aliphatic heterocycles. The van der Waals surface area contributed by atoms with E-state index in [4.69, 9.17) is 44.3 Å². The molecule has 0 radical (unpaired) electrons. The van der Waals surface area contributed by atoms with Crippen molar-refractivity contribution >= 4 is 34.8 Å². The van der Waals surface area contributed by atoms with Crippen LogP contribution in [0.15, 0.2) is 30.3 Å². The van der Waals surface area contributed by atoms with Crippen LogP contribution >= 0.6 is 34.8 Å². The number of hydrogen-bond acceptors (Lipinski definition) is 3. The summed E-state index contributed by atoms with van der Waals surface area (Å²) < 4.78 is 11.9. The van der Waals surface area contributed by atoms with Gasteiger partial charge in [-0.25, -0.2) is 0 Å². The summed E-state index contributed by atoms with van der Waals surface area (Å²) >= 11 is 18.8. The van der Waals surface area contributed by atoms with E-state index in [1.165, 1.54) is 32.1 Å². The van der Waals surface area contributed by atoms with Crippen molar-refractivity contribution in [2.45, 2.75) is 58.2 Å². The molecule has 32 heavy (non-hydrogen) atoms. The molecule has 4 aliphatic carbocycles. The van der Waals surface area contributed by atoms with Gasteiger partial charge in [-0.2, -0.15) is 0 Å². The molecule has 6 rings (SSSR count). The maximum absolute atomic E-state index is 6.68. The molecule has 4 aliphatic rings. The van der Waals surface area contributed by atoms with Crippen molar-refractivity contribution in [3.63, 3.8) is 0 Å². The van der Waals surface area contributed by atoms with Crippen molar-refractivity contribution in [2.24, 2.45) is 23.7 Å². The zero-order chi connectivity index (χ0) is 22.2. The number of hydrogen-bond donors (Lipinski definition) is 1. The van der Waals surface area contributed by atoms with Crippen LogP contribution in [0, 0.1) is 23.7 Å². The van der Waals surface area contributed by atoms with Crippen LogP contribution in [0.5, 0.6) is 11.5 Å². The SMILES string of the molecule is CCOc1cc(CNC2C3CC4CC(C3)CC2C4)c(Cl)cc1OCc1ccc(Cl)c(Cl)c1.